The monoisotopic (exact) mass is 266 g/mol. The van der Waals surface area contributed by atoms with E-state index < -0.39 is 6.10 Å². The van der Waals surface area contributed by atoms with Gasteiger partial charge in [-0.1, -0.05) is 0 Å². The van der Waals surface area contributed by atoms with Gasteiger partial charge in [-0.05, 0) is 24.7 Å². The standard InChI is InChI=1S/C13H18N2O4/c14-7(16)2-1-3-15-12(18)8-5-4-6-9(8)13(15)19-11(6)10(5)17/h5-6,8-11,13,17H,1-4H2,(H2,14,16). The molecule has 0 aromatic carbocycles. The highest BCUT2D eigenvalue weighted by molar-refractivity contribution is 5.83. The maximum atomic E-state index is 12.5. The Kier molecular flexibility index (Phi) is 2.27. The van der Waals surface area contributed by atoms with Crippen molar-refractivity contribution in [2.45, 2.75) is 37.7 Å². The SMILES string of the molecule is NC(=O)CCCN1C(=O)C2C3CC4C(OC1C42)C3O. The number of nitrogens with two attached hydrogens (primary N) is 1. The molecule has 2 heterocycles. The van der Waals surface area contributed by atoms with Gasteiger partial charge in [0.05, 0.1) is 18.1 Å². The molecule has 0 radical (unpaired) electrons. The van der Waals surface area contributed by atoms with Crippen LogP contribution in [0.4, 0.5) is 0 Å². The molecular weight excluding hydrogens is 248 g/mol. The predicted molar refractivity (Wildman–Crippen MR) is 63.4 cm³/mol. The summed E-state index contributed by atoms with van der Waals surface area (Å²) in [5.41, 5.74) is 5.12. The number of aliphatic hydroxyl groups excluding tert-OH is 1. The molecule has 4 rings (SSSR count). The molecule has 6 heteroatoms. The number of likely N-dealkylation sites (tertiary alicyclic amines) is 1. The van der Waals surface area contributed by atoms with Gasteiger partial charge in [0.25, 0.3) is 0 Å². The summed E-state index contributed by atoms with van der Waals surface area (Å²) < 4.78 is 5.92. The van der Waals surface area contributed by atoms with Crippen molar-refractivity contribution in [3.63, 3.8) is 0 Å². The number of carbonyl (C=O) groups is 2. The number of aliphatic hydroxyl groups is 1. The molecule has 2 aliphatic carbocycles. The third-order valence-corrected chi connectivity index (χ3v) is 5.44. The Hall–Kier alpha value is -1.14. The van der Waals surface area contributed by atoms with Crippen molar-refractivity contribution in [2.75, 3.05) is 6.54 Å². The van der Waals surface area contributed by atoms with Crippen LogP contribution in [0.2, 0.25) is 0 Å². The number of ether oxygens (including phenoxy) is 1. The van der Waals surface area contributed by atoms with Crippen LogP contribution in [0.25, 0.3) is 0 Å². The Balaban J connectivity index is 1.53. The predicted octanol–water partition coefficient (Wildman–Crippen LogP) is -0.938. The fourth-order valence-electron chi connectivity index (χ4n) is 4.80. The minimum Gasteiger partial charge on any atom is -0.390 e. The number of fused-ring (bicyclic) bond motifs is 2. The molecule has 2 bridgehead atoms. The number of primary amides is 1. The molecule has 7 unspecified atom stereocenters. The average Bonchev–Trinajstić information content (AvgIpc) is 3.00. The number of amides is 2. The second-order valence-electron chi connectivity index (χ2n) is 6.25. The smallest absolute Gasteiger partial charge is 0.228 e. The molecule has 104 valence electrons. The van der Waals surface area contributed by atoms with Crippen molar-refractivity contribution in [2.24, 2.45) is 29.4 Å². The molecule has 19 heavy (non-hydrogen) atoms. The molecule has 7 atom stereocenters. The quantitative estimate of drug-likeness (QED) is 0.687. The average molecular weight is 266 g/mol. The van der Waals surface area contributed by atoms with Crippen LogP contribution < -0.4 is 5.73 Å². The summed E-state index contributed by atoms with van der Waals surface area (Å²) in [6.07, 6.45) is 1.09. The zero-order valence-electron chi connectivity index (χ0n) is 10.6. The molecule has 2 aliphatic heterocycles. The van der Waals surface area contributed by atoms with E-state index in [0.29, 0.717) is 25.3 Å². The topological polar surface area (TPSA) is 92.9 Å². The van der Waals surface area contributed by atoms with Gasteiger partial charge in [-0.25, -0.2) is 0 Å². The number of hydrogen-bond donors (Lipinski definition) is 2. The summed E-state index contributed by atoms with van der Waals surface area (Å²) in [5, 5.41) is 10.1. The van der Waals surface area contributed by atoms with Crippen molar-refractivity contribution in [3.05, 3.63) is 0 Å². The fourth-order valence-corrected chi connectivity index (χ4v) is 4.80. The van der Waals surface area contributed by atoms with Gasteiger partial charge in [0.1, 0.15) is 6.23 Å². The van der Waals surface area contributed by atoms with E-state index in [1.165, 1.54) is 0 Å². The van der Waals surface area contributed by atoms with Crippen molar-refractivity contribution in [3.8, 4) is 0 Å². The fraction of sp³-hybridized carbons (Fsp3) is 0.846. The maximum Gasteiger partial charge on any atom is 0.228 e. The van der Waals surface area contributed by atoms with Crippen LogP contribution in [-0.4, -0.2) is 46.8 Å². The number of rotatable bonds is 4. The summed E-state index contributed by atoms with van der Waals surface area (Å²) in [5.74, 6) is 0.398. The molecule has 0 spiro atoms. The summed E-state index contributed by atoms with van der Waals surface area (Å²) in [6, 6.07) is 0. The van der Waals surface area contributed by atoms with Gasteiger partial charge in [-0.15, -0.1) is 0 Å². The Labute approximate surface area is 110 Å². The van der Waals surface area contributed by atoms with E-state index >= 15 is 0 Å². The molecule has 3 N–H and O–H groups in total. The van der Waals surface area contributed by atoms with E-state index in [0.717, 1.165) is 6.42 Å². The van der Waals surface area contributed by atoms with E-state index in [9.17, 15) is 14.7 Å². The molecule has 2 amide bonds. The molecule has 6 nitrogen and oxygen atoms in total. The minimum absolute atomic E-state index is 0.0580. The Morgan fingerprint density at radius 3 is 3.00 bits per heavy atom. The van der Waals surface area contributed by atoms with Gasteiger partial charge >= 0.3 is 0 Å². The van der Waals surface area contributed by atoms with Crippen LogP contribution >= 0.6 is 0 Å². The molecule has 2 saturated carbocycles. The summed E-state index contributed by atoms with van der Waals surface area (Å²) in [7, 11) is 0. The van der Waals surface area contributed by atoms with Crippen LogP contribution in [-0.2, 0) is 14.3 Å². The Morgan fingerprint density at radius 1 is 1.47 bits per heavy atom. The van der Waals surface area contributed by atoms with Gasteiger partial charge in [-0.3, -0.25) is 9.59 Å². The minimum atomic E-state index is -0.465. The van der Waals surface area contributed by atoms with Crippen molar-refractivity contribution >= 4 is 11.8 Å². The van der Waals surface area contributed by atoms with Gasteiger partial charge in [-0.2, -0.15) is 0 Å². The zero-order chi connectivity index (χ0) is 13.3. The lowest BCUT2D eigenvalue weighted by atomic mass is 9.80. The molecular formula is C13H18N2O4. The van der Waals surface area contributed by atoms with E-state index in [1.54, 1.807) is 4.90 Å². The number of nitrogens with zero attached hydrogens (tertiary/aromatic N) is 1. The number of carbonyl (C=O) groups excluding carboxylic acids is 2. The molecule has 4 aliphatic rings. The first kappa shape index (κ1) is 11.7. The van der Waals surface area contributed by atoms with Gasteiger partial charge in [0.15, 0.2) is 0 Å². The lowest BCUT2D eigenvalue weighted by Gasteiger charge is -2.30. The highest BCUT2D eigenvalue weighted by Gasteiger charge is 2.72. The zero-order valence-corrected chi connectivity index (χ0v) is 10.6. The van der Waals surface area contributed by atoms with Crippen LogP contribution in [0.15, 0.2) is 0 Å². The first-order valence-corrected chi connectivity index (χ1v) is 7.02. The van der Waals surface area contributed by atoms with Gasteiger partial charge in [0.2, 0.25) is 11.8 Å². The lowest BCUT2D eigenvalue weighted by Crippen LogP contribution is -2.44. The van der Waals surface area contributed by atoms with Crippen LogP contribution in [0.1, 0.15) is 19.3 Å². The van der Waals surface area contributed by atoms with Crippen LogP contribution in [0.3, 0.4) is 0 Å². The maximum absolute atomic E-state index is 12.5. The molecule has 0 aromatic rings. The Morgan fingerprint density at radius 2 is 2.26 bits per heavy atom. The largest absolute Gasteiger partial charge is 0.390 e. The first-order valence-electron chi connectivity index (χ1n) is 7.02. The van der Waals surface area contributed by atoms with E-state index in [2.05, 4.69) is 0 Å². The molecule has 4 fully saturated rings. The molecule has 2 saturated heterocycles. The van der Waals surface area contributed by atoms with Gasteiger partial charge < -0.3 is 20.5 Å². The molecule has 0 aromatic heterocycles. The second-order valence-corrected chi connectivity index (χ2v) is 6.25. The lowest BCUT2D eigenvalue weighted by molar-refractivity contribution is -0.151. The van der Waals surface area contributed by atoms with Crippen molar-refractivity contribution < 1.29 is 19.4 Å². The van der Waals surface area contributed by atoms with E-state index in [4.69, 9.17) is 10.5 Å². The van der Waals surface area contributed by atoms with Crippen molar-refractivity contribution in [1.29, 1.82) is 0 Å². The van der Waals surface area contributed by atoms with Gasteiger partial charge in [0, 0.05) is 18.9 Å². The second kappa shape index (κ2) is 3.70. The highest BCUT2D eigenvalue weighted by Crippen LogP contribution is 2.63. The summed E-state index contributed by atoms with van der Waals surface area (Å²) in [6.45, 7) is 0.529. The van der Waals surface area contributed by atoms with Crippen LogP contribution in [0.5, 0.6) is 0 Å². The third-order valence-electron chi connectivity index (χ3n) is 5.44. The van der Waals surface area contributed by atoms with Crippen molar-refractivity contribution in [1.82, 2.24) is 4.90 Å². The third kappa shape index (κ3) is 1.33. The first-order chi connectivity index (χ1) is 9.09. The van der Waals surface area contributed by atoms with E-state index in [-0.39, 0.29) is 41.9 Å². The highest BCUT2D eigenvalue weighted by atomic mass is 16.5. The normalized spacial score (nSPS) is 49.4. The summed E-state index contributed by atoms with van der Waals surface area (Å²) in [4.78, 5) is 25.0. The summed E-state index contributed by atoms with van der Waals surface area (Å²) >= 11 is 0. The Bertz CT molecular complexity index is 454. The van der Waals surface area contributed by atoms with E-state index in [1.807, 2.05) is 0 Å². The van der Waals surface area contributed by atoms with Crippen LogP contribution in [0, 0.1) is 23.7 Å². The number of hydrogen-bond acceptors (Lipinski definition) is 4.